The van der Waals surface area contributed by atoms with E-state index < -0.39 is 0 Å². The summed E-state index contributed by atoms with van der Waals surface area (Å²) >= 11 is 0. The van der Waals surface area contributed by atoms with Gasteiger partial charge in [-0.25, -0.2) is 19.3 Å². The number of hydrogen-bond acceptors (Lipinski definition) is 6. The van der Waals surface area contributed by atoms with Gasteiger partial charge in [-0.3, -0.25) is 4.90 Å². The van der Waals surface area contributed by atoms with Crippen LogP contribution in [0.3, 0.4) is 0 Å². The van der Waals surface area contributed by atoms with E-state index in [1.807, 2.05) is 12.3 Å². The number of hydrogen-bond donors (Lipinski definition) is 1. The third-order valence-corrected chi connectivity index (χ3v) is 8.01. The van der Waals surface area contributed by atoms with Gasteiger partial charge in [-0.05, 0) is 81.7 Å². The molecule has 7 nitrogen and oxygen atoms in total. The van der Waals surface area contributed by atoms with Gasteiger partial charge in [0, 0.05) is 49.7 Å². The minimum atomic E-state index is -0.244. The highest BCUT2D eigenvalue weighted by atomic mass is 19.1. The van der Waals surface area contributed by atoms with Gasteiger partial charge in [0.15, 0.2) is 5.82 Å². The van der Waals surface area contributed by atoms with E-state index in [0.29, 0.717) is 18.0 Å². The molecule has 2 saturated heterocycles. The molecule has 6 rings (SSSR count). The Hall–Kier alpha value is -3.62. The molecule has 0 saturated carbocycles. The van der Waals surface area contributed by atoms with E-state index in [0.717, 1.165) is 81.2 Å². The quantitative estimate of drug-likeness (QED) is 0.344. The standard InChI is InChI=1S/C31H36FN7/c1-37-17-14-27(15-18-37)39-22-29(24-7-9-25(32)10-8-24)35-30(39)28-11-16-33-31(36-28)34-26-12-19-38(20-13-26)21-23-5-3-2-4-6-23/h2-11,16,22,26-27H,12-15,17-21H2,1H3,(H,33,34,36). The molecule has 0 unspecified atom stereocenters. The summed E-state index contributed by atoms with van der Waals surface area (Å²) in [6.07, 6.45) is 8.15. The van der Waals surface area contributed by atoms with Gasteiger partial charge in [0.05, 0.1) is 5.69 Å². The van der Waals surface area contributed by atoms with Crippen molar-refractivity contribution < 1.29 is 4.39 Å². The largest absolute Gasteiger partial charge is 0.351 e. The van der Waals surface area contributed by atoms with Gasteiger partial charge in [0.25, 0.3) is 0 Å². The number of halogens is 1. The van der Waals surface area contributed by atoms with Crippen molar-refractivity contribution in [2.24, 2.45) is 0 Å². The topological polar surface area (TPSA) is 62.1 Å². The number of aromatic nitrogens is 4. The predicted octanol–water partition coefficient (Wildman–Crippen LogP) is 5.49. The lowest BCUT2D eigenvalue weighted by Gasteiger charge is -2.32. The van der Waals surface area contributed by atoms with Gasteiger partial charge >= 0.3 is 0 Å². The van der Waals surface area contributed by atoms with Crippen molar-refractivity contribution in [1.82, 2.24) is 29.3 Å². The molecular formula is C31H36FN7. The second kappa shape index (κ2) is 11.6. The molecule has 4 heterocycles. The van der Waals surface area contributed by atoms with Crippen LogP contribution in [0.5, 0.6) is 0 Å². The average molecular weight is 526 g/mol. The zero-order valence-corrected chi connectivity index (χ0v) is 22.5. The highest BCUT2D eigenvalue weighted by Gasteiger charge is 2.24. The van der Waals surface area contributed by atoms with Crippen LogP contribution in [-0.2, 0) is 6.54 Å². The molecule has 4 aromatic rings. The van der Waals surface area contributed by atoms with Crippen molar-refractivity contribution >= 4 is 5.95 Å². The summed E-state index contributed by atoms with van der Waals surface area (Å²) in [7, 11) is 2.17. The van der Waals surface area contributed by atoms with Crippen molar-refractivity contribution in [3.05, 3.63) is 84.4 Å². The number of piperidine rings is 2. The fourth-order valence-corrected chi connectivity index (χ4v) is 5.71. The minimum absolute atomic E-state index is 0.244. The number of benzene rings is 2. The Kier molecular flexibility index (Phi) is 7.65. The van der Waals surface area contributed by atoms with Crippen LogP contribution in [0, 0.1) is 5.82 Å². The zero-order chi connectivity index (χ0) is 26.6. The average Bonchev–Trinajstić information content (AvgIpc) is 3.41. The Morgan fingerprint density at radius 2 is 1.59 bits per heavy atom. The molecule has 1 N–H and O–H groups in total. The molecule has 0 atom stereocenters. The lowest BCUT2D eigenvalue weighted by Crippen LogP contribution is -2.39. The zero-order valence-electron chi connectivity index (χ0n) is 22.5. The molecule has 0 aliphatic carbocycles. The van der Waals surface area contributed by atoms with Gasteiger partial charge in [-0.15, -0.1) is 0 Å². The van der Waals surface area contributed by atoms with E-state index in [9.17, 15) is 4.39 Å². The van der Waals surface area contributed by atoms with Crippen LogP contribution in [0.1, 0.15) is 37.3 Å². The fourth-order valence-electron chi connectivity index (χ4n) is 5.71. The van der Waals surface area contributed by atoms with Crippen LogP contribution in [-0.4, -0.2) is 68.6 Å². The number of anilines is 1. The van der Waals surface area contributed by atoms with Gasteiger partial charge in [-0.1, -0.05) is 30.3 Å². The Bertz CT molecular complexity index is 1360. The van der Waals surface area contributed by atoms with Gasteiger partial charge in [-0.2, -0.15) is 0 Å². The van der Waals surface area contributed by atoms with E-state index >= 15 is 0 Å². The number of imidazole rings is 1. The fraction of sp³-hybridized carbons (Fsp3) is 0.387. The van der Waals surface area contributed by atoms with Crippen molar-refractivity contribution in [3.8, 4) is 22.8 Å². The lowest BCUT2D eigenvalue weighted by molar-refractivity contribution is 0.211. The highest BCUT2D eigenvalue weighted by Crippen LogP contribution is 2.32. The number of likely N-dealkylation sites (tertiary alicyclic amines) is 2. The maximum Gasteiger partial charge on any atom is 0.223 e. The summed E-state index contributed by atoms with van der Waals surface area (Å²) in [5.74, 6) is 1.24. The molecule has 2 aliphatic rings. The lowest BCUT2D eigenvalue weighted by atomic mass is 10.0. The molecule has 39 heavy (non-hydrogen) atoms. The van der Waals surface area contributed by atoms with Crippen molar-refractivity contribution in [2.75, 3.05) is 38.5 Å². The molecule has 2 aromatic carbocycles. The van der Waals surface area contributed by atoms with Crippen molar-refractivity contribution in [3.63, 3.8) is 0 Å². The molecule has 8 heteroatoms. The van der Waals surface area contributed by atoms with Crippen LogP contribution < -0.4 is 5.32 Å². The first-order valence-electron chi connectivity index (χ1n) is 14.0. The second-order valence-electron chi connectivity index (χ2n) is 10.8. The SMILES string of the molecule is CN1CCC(n2cc(-c3ccc(F)cc3)nc2-c2ccnc(NC3CCN(Cc4ccccc4)CC3)n2)CC1. The summed E-state index contributed by atoms with van der Waals surface area (Å²) in [4.78, 5) is 19.4. The van der Waals surface area contributed by atoms with Crippen LogP contribution in [0.2, 0.25) is 0 Å². The Balaban J connectivity index is 1.19. The van der Waals surface area contributed by atoms with E-state index in [1.54, 1.807) is 12.1 Å². The summed E-state index contributed by atoms with van der Waals surface area (Å²) in [6, 6.07) is 19.9. The van der Waals surface area contributed by atoms with E-state index in [1.165, 1.54) is 17.7 Å². The van der Waals surface area contributed by atoms with E-state index in [2.05, 4.69) is 68.2 Å². The molecule has 0 radical (unpaired) electrons. The first kappa shape index (κ1) is 25.6. The molecule has 0 bridgehead atoms. The monoisotopic (exact) mass is 525 g/mol. The molecule has 0 amide bonds. The van der Waals surface area contributed by atoms with Gasteiger partial charge in [0.2, 0.25) is 5.95 Å². The molecule has 202 valence electrons. The third-order valence-electron chi connectivity index (χ3n) is 8.01. The third kappa shape index (κ3) is 6.18. The van der Waals surface area contributed by atoms with Crippen molar-refractivity contribution in [2.45, 2.75) is 44.3 Å². The van der Waals surface area contributed by atoms with Crippen molar-refractivity contribution in [1.29, 1.82) is 0 Å². The summed E-state index contributed by atoms with van der Waals surface area (Å²) in [5, 5.41) is 3.59. The minimum Gasteiger partial charge on any atom is -0.351 e. The first-order chi connectivity index (χ1) is 19.1. The normalized spacial score (nSPS) is 17.9. The van der Waals surface area contributed by atoms with Crippen LogP contribution in [0.4, 0.5) is 10.3 Å². The number of nitrogens with zero attached hydrogens (tertiary/aromatic N) is 6. The van der Waals surface area contributed by atoms with E-state index in [-0.39, 0.29) is 5.82 Å². The number of nitrogens with one attached hydrogen (secondary N) is 1. The molecular weight excluding hydrogens is 489 g/mol. The summed E-state index contributed by atoms with van der Waals surface area (Å²) < 4.78 is 15.9. The molecule has 2 aliphatic heterocycles. The molecule has 0 spiro atoms. The van der Waals surface area contributed by atoms with Crippen LogP contribution in [0.25, 0.3) is 22.8 Å². The van der Waals surface area contributed by atoms with Gasteiger partial charge in [0.1, 0.15) is 11.5 Å². The number of rotatable bonds is 7. The summed E-state index contributed by atoms with van der Waals surface area (Å²) in [5.41, 5.74) is 3.91. The Labute approximate surface area is 229 Å². The van der Waals surface area contributed by atoms with Crippen LogP contribution in [0.15, 0.2) is 73.1 Å². The van der Waals surface area contributed by atoms with Gasteiger partial charge < -0.3 is 14.8 Å². The summed E-state index contributed by atoms with van der Waals surface area (Å²) in [6.45, 7) is 5.19. The maximum absolute atomic E-state index is 13.6. The second-order valence-corrected chi connectivity index (χ2v) is 10.8. The molecule has 2 fully saturated rings. The Morgan fingerprint density at radius 1 is 0.846 bits per heavy atom. The highest BCUT2D eigenvalue weighted by molar-refractivity contribution is 5.64. The van der Waals surface area contributed by atoms with Crippen LogP contribution >= 0.6 is 0 Å². The Morgan fingerprint density at radius 3 is 2.33 bits per heavy atom. The smallest absolute Gasteiger partial charge is 0.223 e. The first-order valence-corrected chi connectivity index (χ1v) is 14.0. The maximum atomic E-state index is 13.6. The predicted molar refractivity (Wildman–Crippen MR) is 153 cm³/mol. The van der Waals surface area contributed by atoms with E-state index in [4.69, 9.17) is 9.97 Å². The molecule has 2 aromatic heterocycles.